The molecule has 0 amide bonds. The summed E-state index contributed by atoms with van der Waals surface area (Å²) in [5, 5.41) is 27.5. The van der Waals surface area contributed by atoms with Gasteiger partial charge in [0.1, 0.15) is 12.5 Å². The monoisotopic (exact) mass is 193 g/mol. The number of hydroxylamine groups is 2. The summed E-state index contributed by atoms with van der Waals surface area (Å²) in [5.41, 5.74) is 0. The Labute approximate surface area is 76.3 Å². The Morgan fingerprint density at radius 1 is 1.15 bits per heavy atom. The Bertz CT molecular complexity index is 160. The molecule has 6 nitrogen and oxygen atoms in total. The molecule has 0 aliphatic heterocycles. The second-order valence-corrected chi connectivity index (χ2v) is 2.71. The van der Waals surface area contributed by atoms with Crippen LogP contribution in [0, 0.1) is 0 Å². The zero-order chi connectivity index (χ0) is 10.6. The van der Waals surface area contributed by atoms with Crippen LogP contribution in [0.2, 0.25) is 0 Å². The molecule has 0 saturated carbocycles. The Morgan fingerprint density at radius 2 is 1.54 bits per heavy atom. The van der Waals surface area contributed by atoms with Crippen LogP contribution in [0.5, 0.6) is 0 Å². The van der Waals surface area contributed by atoms with Gasteiger partial charge < -0.3 is 20.2 Å². The highest BCUT2D eigenvalue weighted by Crippen LogP contribution is 2.03. The average molecular weight is 193 g/mol. The predicted octanol–water partition coefficient (Wildman–Crippen LogP) is -1.20. The van der Waals surface area contributed by atoms with E-state index in [-0.39, 0.29) is 0 Å². The van der Waals surface area contributed by atoms with E-state index >= 15 is 0 Å². The quantitative estimate of drug-likeness (QED) is 0.384. The first-order valence-corrected chi connectivity index (χ1v) is 3.90. The van der Waals surface area contributed by atoms with Crippen molar-refractivity contribution in [2.75, 3.05) is 0 Å². The fraction of sp³-hybridized carbons (Fsp3) is 0.857. The van der Waals surface area contributed by atoms with Crippen molar-refractivity contribution in [2.24, 2.45) is 0 Å². The first-order valence-electron chi connectivity index (χ1n) is 3.90. The molecule has 0 rings (SSSR count). The van der Waals surface area contributed by atoms with Crippen LogP contribution in [0.25, 0.3) is 0 Å². The van der Waals surface area contributed by atoms with Crippen LogP contribution in [0.15, 0.2) is 0 Å². The van der Waals surface area contributed by atoms with Crippen molar-refractivity contribution in [3.63, 3.8) is 0 Å². The van der Waals surface area contributed by atoms with Crippen LogP contribution >= 0.6 is 0 Å². The van der Waals surface area contributed by atoms with E-state index in [0.717, 1.165) is 0 Å². The minimum absolute atomic E-state index is 0.676. The van der Waals surface area contributed by atoms with Gasteiger partial charge in [-0.2, -0.15) is 0 Å². The van der Waals surface area contributed by atoms with E-state index in [1.165, 1.54) is 20.8 Å². The standard InChI is InChI=1S/C7H15NO5/c1-4(9)7(12)13-8(5(2)10)6(3)11/h4-6,9-11H,1-3H3. The Hall–Kier alpha value is -0.690. The molecule has 13 heavy (non-hydrogen) atoms. The maximum atomic E-state index is 10.8. The lowest BCUT2D eigenvalue weighted by Gasteiger charge is -2.26. The molecule has 0 aliphatic carbocycles. The van der Waals surface area contributed by atoms with Gasteiger partial charge in [-0.25, -0.2) is 4.79 Å². The van der Waals surface area contributed by atoms with Crippen LogP contribution in [-0.2, 0) is 9.63 Å². The van der Waals surface area contributed by atoms with E-state index in [4.69, 9.17) is 15.3 Å². The van der Waals surface area contributed by atoms with Crippen molar-refractivity contribution in [1.29, 1.82) is 0 Å². The Balaban J connectivity index is 4.19. The van der Waals surface area contributed by atoms with E-state index in [1.54, 1.807) is 0 Å². The molecule has 0 radical (unpaired) electrons. The van der Waals surface area contributed by atoms with Gasteiger partial charge >= 0.3 is 5.97 Å². The fourth-order valence-corrected chi connectivity index (χ4v) is 0.645. The number of aliphatic hydroxyl groups is 3. The van der Waals surface area contributed by atoms with Crippen molar-refractivity contribution in [3.05, 3.63) is 0 Å². The summed E-state index contributed by atoms with van der Waals surface area (Å²) in [6, 6.07) is 0. The summed E-state index contributed by atoms with van der Waals surface area (Å²) in [6.45, 7) is 3.87. The molecule has 0 aromatic heterocycles. The largest absolute Gasteiger partial charge is 0.382 e. The minimum atomic E-state index is -1.29. The molecule has 0 aliphatic rings. The van der Waals surface area contributed by atoms with Gasteiger partial charge in [-0.15, -0.1) is 0 Å². The van der Waals surface area contributed by atoms with Crippen molar-refractivity contribution in [2.45, 2.75) is 39.3 Å². The van der Waals surface area contributed by atoms with E-state index in [2.05, 4.69) is 4.84 Å². The molecule has 0 fully saturated rings. The maximum absolute atomic E-state index is 10.8. The predicted molar refractivity (Wildman–Crippen MR) is 43.0 cm³/mol. The summed E-state index contributed by atoms with van der Waals surface area (Å²) in [6.07, 6.45) is -3.56. The summed E-state index contributed by atoms with van der Waals surface area (Å²) >= 11 is 0. The van der Waals surface area contributed by atoms with Crippen LogP contribution in [0.1, 0.15) is 20.8 Å². The van der Waals surface area contributed by atoms with E-state index < -0.39 is 24.5 Å². The van der Waals surface area contributed by atoms with Gasteiger partial charge in [-0.05, 0) is 20.8 Å². The van der Waals surface area contributed by atoms with Gasteiger partial charge in [0.15, 0.2) is 6.10 Å². The summed E-state index contributed by atoms with van der Waals surface area (Å²) < 4.78 is 0. The SMILES string of the molecule is CC(O)C(=O)ON(C(C)O)C(C)O. The third-order valence-corrected chi connectivity index (χ3v) is 1.27. The summed E-state index contributed by atoms with van der Waals surface area (Å²) in [7, 11) is 0. The van der Waals surface area contributed by atoms with Crippen LogP contribution < -0.4 is 0 Å². The molecule has 3 N–H and O–H groups in total. The molecule has 0 aromatic carbocycles. The molecule has 0 aromatic rings. The van der Waals surface area contributed by atoms with Crippen LogP contribution in [0.3, 0.4) is 0 Å². The highest BCUT2D eigenvalue weighted by molar-refractivity contribution is 5.73. The molecule has 0 heterocycles. The third-order valence-electron chi connectivity index (χ3n) is 1.27. The van der Waals surface area contributed by atoms with Gasteiger partial charge in [0.05, 0.1) is 0 Å². The minimum Gasteiger partial charge on any atom is -0.382 e. The van der Waals surface area contributed by atoms with Crippen molar-refractivity contribution >= 4 is 5.97 Å². The average Bonchev–Trinajstić information content (AvgIpc) is 1.97. The fourth-order valence-electron chi connectivity index (χ4n) is 0.645. The van der Waals surface area contributed by atoms with Crippen molar-refractivity contribution in [1.82, 2.24) is 5.06 Å². The molecule has 78 valence electrons. The first kappa shape index (κ1) is 12.3. The van der Waals surface area contributed by atoms with Crippen LogP contribution in [-0.4, -0.2) is 44.9 Å². The number of carbonyl (C=O) groups excluding carboxylic acids is 1. The Kier molecular flexibility index (Phi) is 4.86. The molecule has 0 saturated heterocycles. The van der Waals surface area contributed by atoms with E-state index in [0.29, 0.717) is 5.06 Å². The zero-order valence-corrected chi connectivity index (χ0v) is 7.84. The highest BCUT2D eigenvalue weighted by Gasteiger charge is 2.23. The number of nitrogens with zero attached hydrogens (tertiary/aromatic N) is 1. The number of rotatable bonds is 4. The lowest BCUT2D eigenvalue weighted by Crippen LogP contribution is -2.43. The molecular weight excluding hydrogens is 178 g/mol. The van der Waals surface area contributed by atoms with Crippen molar-refractivity contribution in [3.8, 4) is 0 Å². The van der Waals surface area contributed by atoms with E-state index in [9.17, 15) is 4.79 Å². The topological polar surface area (TPSA) is 90.2 Å². The molecular formula is C7H15NO5. The maximum Gasteiger partial charge on any atom is 0.353 e. The number of aliphatic hydroxyl groups excluding tert-OH is 3. The van der Waals surface area contributed by atoms with Gasteiger partial charge in [0, 0.05) is 0 Å². The highest BCUT2D eigenvalue weighted by atomic mass is 16.7. The summed E-state index contributed by atoms with van der Waals surface area (Å²) in [4.78, 5) is 15.3. The third kappa shape index (κ3) is 4.18. The number of hydrogen-bond acceptors (Lipinski definition) is 6. The number of hydrogen-bond donors (Lipinski definition) is 3. The molecule has 3 atom stereocenters. The summed E-state index contributed by atoms with van der Waals surface area (Å²) in [5.74, 6) is -0.929. The smallest absolute Gasteiger partial charge is 0.353 e. The molecule has 0 spiro atoms. The van der Waals surface area contributed by atoms with Crippen molar-refractivity contribution < 1.29 is 25.0 Å². The second-order valence-electron chi connectivity index (χ2n) is 2.71. The molecule has 6 heteroatoms. The zero-order valence-electron chi connectivity index (χ0n) is 7.84. The molecule has 0 bridgehead atoms. The Morgan fingerprint density at radius 3 is 1.77 bits per heavy atom. The lowest BCUT2D eigenvalue weighted by atomic mass is 10.4. The molecule has 3 unspecified atom stereocenters. The first-order chi connectivity index (χ1) is 5.86. The van der Waals surface area contributed by atoms with E-state index in [1.807, 2.05) is 0 Å². The van der Waals surface area contributed by atoms with Gasteiger partial charge in [0.25, 0.3) is 0 Å². The normalized spacial score (nSPS) is 18.1. The van der Waals surface area contributed by atoms with Gasteiger partial charge in [-0.1, -0.05) is 5.06 Å². The van der Waals surface area contributed by atoms with Crippen LogP contribution in [0.4, 0.5) is 0 Å². The van der Waals surface area contributed by atoms with Gasteiger partial charge in [0.2, 0.25) is 0 Å². The second kappa shape index (κ2) is 5.13. The number of carbonyl (C=O) groups is 1. The lowest BCUT2D eigenvalue weighted by molar-refractivity contribution is -0.280. The van der Waals surface area contributed by atoms with Gasteiger partial charge in [-0.3, -0.25) is 0 Å².